The quantitative estimate of drug-likeness (QED) is 0.619. The highest BCUT2D eigenvalue weighted by Crippen LogP contribution is 2.49. The fourth-order valence-corrected chi connectivity index (χ4v) is 3.84. The highest BCUT2D eigenvalue weighted by Gasteiger charge is 2.49. The summed E-state index contributed by atoms with van der Waals surface area (Å²) in [5.74, 6) is 2.10. The number of fused-ring (bicyclic) bond motifs is 2. The van der Waals surface area contributed by atoms with E-state index in [2.05, 4.69) is 22.0 Å². The summed E-state index contributed by atoms with van der Waals surface area (Å²) in [6.45, 7) is 4.73. The largest absolute Gasteiger partial charge is 0.490 e. The molecule has 25 heavy (non-hydrogen) atoms. The van der Waals surface area contributed by atoms with E-state index in [1.54, 1.807) is 0 Å². The van der Waals surface area contributed by atoms with E-state index in [1.165, 1.54) is 5.56 Å². The molecule has 2 atom stereocenters. The molecule has 140 valence electrons. The minimum absolute atomic E-state index is 0. The number of benzene rings is 1. The van der Waals surface area contributed by atoms with E-state index >= 15 is 0 Å². The van der Waals surface area contributed by atoms with Crippen LogP contribution in [0, 0.1) is 5.41 Å². The predicted octanol–water partition coefficient (Wildman–Crippen LogP) is 1.08. The maximum absolute atomic E-state index is 12.0. The Bertz CT molecular complexity index is 617. The van der Waals surface area contributed by atoms with Crippen molar-refractivity contribution in [2.24, 2.45) is 5.41 Å². The van der Waals surface area contributed by atoms with Gasteiger partial charge in [-0.1, -0.05) is 12.1 Å². The number of para-hydroxylation sites is 1. The average molecular weight is 390 g/mol. The van der Waals surface area contributed by atoms with Crippen molar-refractivity contribution >= 4 is 30.7 Å². The van der Waals surface area contributed by atoms with Crippen molar-refractivity contribution in [3.63, 3.8) is 0 Å². The maximum atomic E-state index is 12.0. The fourth-order valence-electron chi connectivity index (χ4n) is 3.84. The summed E-state index contributed by atoms with van der Waals surface area (Å²) in [6.07, 6.45) is 0.853. The van der Waals surface area contributed by atoms with Crippen molar-refractivity contribution < 1.29 is 14.3 Å². The van der Waals surface area contributed by atoms with E-state index < -0.39 is 0 Å². The van der Waals surface area contributed by atoms with Gasteiger partial charge in [0.2, 0.25) is 5.91 Å². The topological polar surface area (TPSA) is 71.6 Å². The van der Waals surface area contributed by atoms with Gasteiger partial charge in [0.15, 0.2) is 11.5 Å². The Morgan fingerprint density at radius 3 is 2.88 bits per heavy atom. The fraction of sp³-hybridized carbons (Fsp3) is 0.588. The molecular weight excluding hydrogens is 365 g/mol. The molecule has 4 rings (SSSR count). The predicted molar refractivity (Wildman–Crippen MR) is 100 cm³/mol. The Hall–Kier alpha value is -1.21. The zero-order chi connectivity index (χ0) is 15.7. The van der Waals surface area contributed by atoms with Crippen LogP contribution >= 0.6 is 24.8 Å². The molecule has 1 aromatic carbocycles. The van der Waals surface area contributed by atoms with Crippen molar-refractivity contribution in [3.05, 3.63) is 23.8 Å². The molecular formula is C17H25Cl2N3O3. The van der Waals surface area contributed by atoms with Gasteiger partial charge in [-0.25, -0.2) is 0 Å². The van der Waals surface area contributed by atoms with E-state index in [4.69, 9.17) is 9.47 Å². The first-order valence-corrected chi connectivity index (χ1v) is 8.35. The van der Waals surface area contributed by atoms with E-state index in [0.717, 1.165) is 37.6 Å². The molecule has 1 spiro atoms. The summed E-state index contributed by atoms with van der Waals surface area (Å²) in [6, 6.07) is 6.15. The molecule has 0 unspecified atom stereocenters. The Balaban J connectivity index is 0.00000113. The highest BCUT2D eigenvalue weighted by molar-refractivity contribution is 5.85. The molecule has 1 fully saturated rings. The Kier molecular flexibility index (Phi) is 6.79. The minimum Gasteiger partial charge on any atom is -0.490 e. The molecule has 8 heteroatoms. The molecule has 3 aliphatic rings. The Morgan fingerprint density at radius 2 is 2.00 bits per heavy atom. The Labute approximate surface area is 160 Å². The second kappa shape index (κ2) is 8.45. The number of carbonyl (C=O) groups is 1. The Morgan fingerprint density at radius 1 is 1.12 bits per heavy atom. The molecule has 3 aliphatic heterocycles. The number of hydrogen-bond donors (Lipinski definition) is 3. The summed E-state index contributed by atoms with van der Waals surface area (Å²) in [5.41, 5.74) is 1.12. The number of ether oxygens (including phenoxy) is 2. The molecule has 2 bridgehead atoms. The van der Waals surface area contributed by atoms with Gasteiger partial charge in [0.05, 0.1) is 19.8 Å². The lowest BCUT2D eigenvalue weighted by Crippen LogP contribution is -2.49. The van der Waals surface area contributed by atoms with Crippen LogP contribution in [0.4, 0.5) is 0 Å². The molecule has 3 N–H and O–H groups in total. The smallest absolute Gasteiger partial charge is 0.233 e. The van der Waals surface area contributed by atoms with Gasteiger partial charge >= 0.3 is 0 Å². The maximum Gasteiger partial charge on any atom is 0.233 e. The lowest BCUT2D eigenvalue weighted by atomic mass is 9.73. The van der Waals surface area contributed by atoms with Crippen LogP contribution in [0.2, 0.25) is 0 Å². The molecule has 1 aromatic rings. The standard InChI is InChI=1S/C17H23N3O3.2ClH/c21-15-8-18-5-2-6-22-14-4-1-3-12-13-7-19-9-17(13,10-20-15)11-23-16(12)14;;/h1,3-4,13,18-19H,2,5-11H2,(H,20,21);2*1H/t13-,17-;;/m0../s1. The van der Waals surface area contributed by atoms with Crippen molar-refractivity contribution in [2.45, 2.75) is 12.3 Å². The lowest BCUT2D eigenvalue weighted by Gasteiger charge is -2.40. The third-order valence-corrected chi connectivity index (χ3v) is 5.13. The van der Waals surface area contributed by atoms with Gasteiger partial charge < -0.3 is 25.4 Å². The first kappa shape index (κ1) is 20.1. The number of halogens is 2. The van der Waals surface area contributed by atoms with E-state index in [9.17, 15) is 4.79 Å². The summed E-state index contributed by atoms with van der Waals surface area (Å²) < 4.78 is 12.0. The average Bonchev–Trinajstić information content (AvgIpc) is 3.00. The number of carbonyl (C=O) groups excluding carboxylic acids is 1. The van der Waals surface area contributed by atoms with Gasteiger partial charge in [-0.2, -0.15) is 0 Å². The zero-order valence-electron chi connectivity index (χ0n) is 14.0. The molecule has 0 saturated carbocycles. The van der Waals surface area contributed by atoms with E-state index in [1.807, 2.05) is 12.1 Å². The highest BCUT2D eigenvalue weighted by atomic mass is 35.5. The lowest BCUT2D eigenvalue weighted by molar-refractivity contribution is -0.120. The van der Waals surface area contributed by atoms with Crippen LogP contribution in [0.15, 0.2) is 18.2 Å². The van der Waals surface area contributed by atoms with Gasteiger partial charge in [0.25, 0.3) is 0 Å². The van der Waals surface area contributed by atoms with Crippen molar-refractivity contribution in [2.75, 3.05) is 45.9 Å². The van der Waals surface area contributed by atoms with Gasteiger partial charge in [-0.05, 0) is 19.0 Å². The van der Waals surface area contributed by atoms with Gasteiger partial charge in [0, 0.05) is 36.5 Å². The van der Waals surface area contributed by atoms with Crippen LogP contribution in [-0.4, -0.2) is 51.8 Å². The third-order valence-electron chi connectivity index (χ3n) is 5.13. The van der Waals surface area contributed by atoms with Crippen molar-refractivity contribution in [1.82, 2.24) is 16.0 Å². The van der Waals surface area contributed by atoms with Crippen LogP contribution in [0.3, 0.4) is 0 Å². The molecule has 0 radical (unpaired) electrons. The van der Waals surface area contributed by atoms with Crippen molar-refractivity contribution in [1.29, 1.82) is 0 Å². The minimum atomic E-state index is -0.0780. The van der Waals surface area contributed by atoms with Gasteiger partial charge in [-0.15, -0.1) is 24.8 Å². The number of amides is 1. The second-order valence-corrected chi connectivity index (χ2v) is 6.66. The monoisotopic (exact) mass is 389 g/mol. The van der Waals surface area contributed by atoms with Crippen LogP contribution in [0.5, 0.6) is 11.5 Å². The summed E-state index contributed by atoms with van der Waals surface area (Å²) in [7, 11) is 0. The van der Waals surface area contributed by atoms with Crippen LogP contribution in [0.1, 0.15) is 17.9 Å². The number of nitrogens with one attached hydrogen (secondary N) is 3. The van der Waals surface area contributed by atoms with Gasteiger partial charge in [-0.3, -0.25) is 4.79 Å². The first-order chi connectivity index (χ1) is 11.3. The third kappa shape index (κ3) is 3.82. The first-order valence-electron chi connectivity index (χ1n) is 8.35. The molecule has 0 aliphatic carbocycles. The van der Waals surface area contributed by atoms with Crippen LogP contribution in [0.25, 0.3) is 0 Å². The zero-order valence-corrected chi connectivity index (χ0v) is 15.6. The van der Waals surface area contributed by atoms with Gasteiger partial charge in [0.1, 0.15) is 0 Å². The summed E-state index contributed by atoms with van der Waals surface area (Å²) in [4.78, 5) is 12.0. The molecule has 3 heterocycles. The number of rotatable bonds is 0. The van der Waals surface area contributed by atoms with Crippen molar-refractivity contribution in [3.8, 4) is 11.5 Å². The number of hydrogen-bond acceptors (Lipinski definition) is 5. The molecule has 0 aromatic heterocycles. The molecule has 1 saturated heterocycles. The summed E-state index contributed by atoms with van der Waals surface area (Å²) >= 11 is 0. The summed E-state index contributed by atoms with van der Waals surface area (Å²) in [5, 5.41) is 9.72. The second-order valence-electron chi connectivity index (χ2n) is 6.66. The van der Waals surface area contributed by atoms with E-state index in [0.29, 0.717) is 32.2 Å². The SMILES string of the molecule is Cl.Cl.O=C1CNCCCOc2cccc3c2OC[C@]2(CNC[C@@H]32)CN1. The normalized spacial score (nSPS) is 28.2. The van der Waals surface area contributed by atoms with Crippen LogP contribution < -0.4 is 25.4 Å². The molecule has 1 amide bonds. The molecule has 6 nitrogen and oxygen atoms in total. The van der Waals surface area contributed by atoms with E-state index in [-0.39, 0.29) is 36.1 Å². The van der Waals surface area contributed by atoms with Crippen LogP contribution in [-0.2, 0) is 4.79 Å².